The van der Waals surface area contributed by atoms with Crippen molar-refractivity contribution in [2.24, 2.45) is 0 Å². The van der Waals surface area contributed by atoms with E-state index in [0.29, 0.717) is 12.0 Å². The molecule has 0 saturated heterocycles. The molecular formula is C18H30N2. The number of benzene rings is 1. The van der Waals surface area contributed by atoms with E-state index in [0.717, 1.165) is 0 Å². The van der Waals surface area contributed by atoms with Crippen molar-refractivity contribution < 1.29 is 0 Å². The summed E-state index contributed by atoms with van der Waals surface area (Å²) in [7, 11) is 6.57. The third kappa shape index (κ3) is 2.77. The van der Waals surface area contributed by atoms with Crippen LogP contribution in [0.4, 0.5) is 0 Å². The molecule has 0 radical (unpaired) electrons. The number of nitrogens with zero attached hydrogens (tertiary/aromatic N) is 1. The van der Waals surface area contributed by atoms with Crippen molar-refractivity contribution in [1.29, 1.82) is 0 Å². The summed E-state index contributed by atoms with van der Waals surface area (Å²) >= 11 is 0. The summed E-state index contributed by atoms with van der Waals surface area (Å²) in [6.45, 7) is 4.51. The van der Waals surface area contributed by atoms with Gasteiger partial charge in [0.15, 0.2) is 0 Å². The van der Waals surface area contributed by atoms with E-state index in [1.165, 1.54) is 36.8 Å². The van der Waals surface area contributed by atoms with Crippen molar-refractivity contribution in [3.8, 4) is 0 Å². The van der Waals surface area contributed by atoms with E-state index in [-0.39, 0.29) is 5.54 Å². The van der Waals surface area contributed by atoms with Crippen LogP contribution < -0.4 is 5.32 Å². The van der Waals surface area contributed by atoms with Crippen molar-refractivity contribution in [3.63, 3.8) is 0 Å². The van der Waals surface area contributed by atoms with Crippen LogP contribution >= 0.6 is 0 Å². The second-order valence-electron chi connectivity index (χ2n) is 6.75. The number of hydrogen-bond donors (Lipinski definition) is 1. The fourth-order valence-electron chi connectivity index (χ4n) is 3.80. The monoisotopic (exact) mass is 274 g/mol. The Hall–Kier alpha value is -0.860. The molecule has 0 aromatic heterocycles. The summed E-state index contributed by atoms with van der Waals surface area (Å²) in [6, 6.07) is 9.65. The van der Waals surface area contributed by atoms with Crippen LogP contribution in [0.3, 0.4) is 0 Å². The zero-order valence-electron chi connectivity index (χ0n) is 13.7. The van der Waals surface area contributed by atoms with Gasteiger partial charge in [0.25, 0.3) is 0 Å². The van der Waals surface area contributed by atoms with Crippen LogP contribution in [0, 0.1) is 0 Å². The molecule has 1 N–H and O–H groups in total. The lowest BCUT2D eigenvalue weighted by molar-refractivity contribution is 0.108. The van der Waals surface area contributed by atoms with E-state index in [4.69, 9.17) is 0 Å². The maximum atomic E-state index is 3.59. The molecular weight excluding hydrogens is 244 g/mol. The number of rotatable bonds is 5. The maximum Gasteiger partial charge on any atom is 0.0504 e. The molecule has 2 heteroatoms. The first-order chi connectivity index (χ1) is 9.51. The Kier molecular flexibility index (Phi) is 4.87. The van der Waals surface area contributed by atoms with Crippen LogP contribution in [0.5, 0.6) is 0 Å². The highest BCUT2D eigenvalue weighted by Crippen LogP contribution is 2.43. The van der Waals surface area contributed by atoms with Gasteiger partial charge in [0.05, 0.1) is 6.04 Å². The lowest BCUT2D eigenvalue weighted by Gasteiger charge is -2.43. The smallest absolute Gasteiger partial charge is 0.0504 e. The van der Waals surface area contributed by atoms with E-state index in [1.807, 2.05) is 0 Å². The van der Waals surface area contributed by atoms with E-state index >= 15 is 0 Å². The topological polar surface area (TPSA) is 15.3 Å². The molecule has 0 aliphatic heterocycles. The first-order valence-corrected chi connectivity index (χ1v) is 7.96. The van der Waals surface area contributed by atoms with Gasteiger partial charge in [0, 0.05) is 5.54 Å². The number of nitrogens with one attached hydrogen (secondary N) is 1. The Morgan fingerprint density at radius 3 is 1.90 bits per heavy atom. The fraction of sp³-hybridized carbons (Fsp3) is 0.667. The van der Waals surface area contributed by atoms with Gasteiger partial charge in [-0.2, -0.15) is 0 Å². The van der Waals surface area contributed by atoms with Gasteiger partial charge in [0.1, 0.15) is 0 Å². The predicted octanol–water partition coefficient (Wildman–Crippen LogP) is 3.94. The van der Waals surface area contributed by atoms with Crippen molar-refractivity contribution in [1.82, 2.24) is 10.2 Å². The Labute approximate surface area is 124 Å². The minimum Gasteiger partial charge on any atom is -0.311 e. The summed E-state index contributed by atoms with van der Waals surface area (Å²) in [5, 5.41) is 3.59. The second kappa shape index (κ2) is 6.28. The highest BCUT2D eigenvalue weighted by molar-refractivity contribution is 5.29. The summed E-state index contributed by atoms with van der Waals surface area (Å²) in [5.41, 5.74) is 3.12. The average molecular weight is 274 g/mol. The van der Waals surface area contributed by atoms with Gasteiger partial charge in [-0.3, -0.25) is 0 Å². The van der Waals surface area contributed by atoms with Crippen LogP contribution in [-0.2, 0) is 0 Å². The van der Waals surface area contributed by atoms with Crippen LogP contribution in [0.25, 0.3) is 0 Å². The third-order valence-corrected chi connectivity index (χ3v) is 5.12. The van der Waals surface area contributed by atoms with Gasteiger partial charge in [-0.05, 0) is 51.0 Å². The number of hydrogen-bond acceptors (Lipinski definition) is 2. The van der Waals surface area contributed by atoms with Crippen molar-refractivity contribution >= 4 is 0 Å². The summed E-state index contributed by atoms with van der Waals surface area (Å²) in [5.74, 6) is 0.603. The largest absolute Gasteiger partial charge is 0.311 e. The van der Waals surface area contributed by atoms with Crippen LogP contribution in [0.1, 0.15) is 62.6 Å². The Morgan fingerprint density at radius 2 is 1.50 bits per heavy atom. The molecule has 1 fully saturated rings. The molecule has 2 nitrogen and oxygen atoms in total. The molecule has 1 aliphatic carbocycles. The minimum absolute atomic E-state index is 0.272. The van der Waals surface area contributed by atoms with Gasteiger partial charge in [-0.15, -0.1) is 0 Å². The Morgan fingerprint density at radius 1 is 1.00 bits per heavy atom. The van der Waals surface area contributed by atoms with Gasteiger partial charge in [-0.1, -0.05) is 51.0 Å². The van der Waals surface area contributed by atoms with Crippen LogP contribution in [0.15, 0.2) is 24.3 Å². The van der Waals surface area contributed by atoms with Crippen molar-refractivity contribution in [2.45, 2.75) is 57.0 Å². The van der Waals surface area contributed by atoms with Crippen molar-refractivity contribution in [3.05, 3.63) is 35.4 Å². The van der Waals surface area contributed by atoms with Gasteiger partial charge >= 0.3 is 0 Å². The molecule has 20 heavy (non-hydrogen) atoms. The second-order valence-corrected chi connectivity index (χ2v) is 6.75. The lowest BCUT2D eigenvalue weighted by Crippen LogP contribution is -2.51. The molecule has 1 unspecified atom stereocenters. The summed E-state index contributed by atoms with van der Waals surface area (Å²) < 4.78 is 0. The molecule has 0 bridgehead atoms. The zero-order chi connectivity index (χ0) is 14.8. The van der Waals surface area contributed by atoms with Gasteiger partial charge in [0.2, 0.25) is 0 Å². The standard InChI is InChI=1S/C18H30N2/c1-14(2)15-8-10-16(11-9-15)17(19-3)18(20(4)5)12-6-7-13-18/h8-11,14,17,19H,6-7,12-13H2,1-5H3. The molecule has 0 heterocycles. The first kappa shape index (κ1) is 15.5. The van der Waals surface area contributed by atoms with E-state index in [9.17, 15) is 0 Å². The molecule has 1 aromatic carbocycles. The SMILES string of the molecule is CNC(c1ccc(C(C)C)cc1)C1(N(C)C)CCCC1. The van der Waals surface area contributed by atoms with E-state index in [2.05, 4.69) is 69.5 Å². The highest BCUT2D eigenvalue weighted by Gasteiger charge is 2.43. The first-order valence-electron chi connectivity index (χ1n) is 7.96. The molecule has 2 rings (SSSR count). The van der Waals surface area contributed by atoms with Gasteiger partial charge < -0.3 is 10.2 Å². The normalized spacial score (nSPS) is 19.8. The number of likely N-dealkylation sites (N-methyl/N-ethyl adjacent to an activating group) is 2. The summed E-state index contributed by atoms with van der Waals surface area (Å²) in [4.78, 5) is 2.44. The van der Waals surface area contributed by atoms with Crippen LogP contribution in [-0.4, -0.2) is 31.6 Å². The maximum absolute atomic E-state index is 3.59. The zero-order valence-corrected chi connectivity index (χ0v) is 13.7. The average Bonchev–Trinajstić information content (AvgIpc) is 2.91. The van der Waals surface area contributed by atoms with E-state index in [1.54, 1.807) is 0 Å². The molecule has 1 atom stereocenters. The highest BCUT2D eigenvalue weighted by atomic mass is 15.2. The fourth-order valence-corrected chi connectivity index (χ4v) is 3.80. The molecule has 0 spiro atoms. The Bertz CT molecular complexity index is 414. The molecule has 112 valence electrons. The predicted molar refractivity (Wildman–Crippen MR) is 87.2 cm³/mol. The molecule has 0 amide bonds. The van der Waals surface area contributed by atoms with E-state index < -0.39 is 0 Å². The lowest BCUT2D eigenvalue weighted by atomic mass is 9.82. The molecule has 1 aromatic rings. The van der Waals surface area contributed by atoms with Crippen molar-refractivity contribution in [2.75, 3.05) is 21.1 Å². The minimum atomic E-state index is 0.272. The van der Waals surface area contributed by atoms with Crippen LogP contribution in [0.2, 0.25) is 0 Å². The van der Waals surface area contributed by atoms with Gasteiger partial charge in [-0.25, -0.2) is 0 Å². The molecule has 1 saturated carbocycles. The quantitative estimate of drug-likeness (QED) is 0.874. The molecule has 1 aliphatic rings. The summed E-state index contributed by atoms with van der Waals surface area (Å²) in [6.07, 6.45) is 5.27. The third-order valence-electron chi connectivity index (χ3n) is 5.12. The Balaban J connectivity index is 2.31.